The number of benzene rings is 2. The van der Waals surface area contributed by atoms with Gasteiger partial charge in [-0.3, -0.25) is 0 Å². The molecular weight excluding hydrogens is 249 g/mol. The second-order valence-electron chi connectivity index (χ2n) is 5.45. The lowest BCUT2D eigenvalue weighted by Crippen LogP contribution is -2.29. The molecule has 0 fully saturated rings. The van der Waals surface area contributed by atoms with Crippen LogP contribution in [0.25, 0.3) is 0 Å². The minimum atomic E-state index is -0.211. The number of rotatable bonds is 5. The fraction of sp³-hybridized carbons (Fsp3) is 0.222. The van der Waals surface area contributed by atoms with Crippen LogP contribution in [-0.4, -0.2) is 0 Å². The summed E-state index contributed by atoms with van der Waals surface area (Å²) in [6.07, 6.45) is 0. The van der Waals surface area contributed by atoms with Crippen molar-refractivity contribution in [2.45, 2.75) is 25.8 Å². The number of halogens is 1. The van der Waals surface area contributed by atoms with Gasteiger partial charge in [0.15, 0.2) is 0 Å². The molecular formula is C18H20FN. The average Bonchev–Trinajstić information content (AvgIpc) is 2.47. The minimum Gasteiger partial charge on any atom is -0.384 e. The molecule has 2 heteroatoms. The Hall–Kier alpha value is -2.09. The predicted molar refractivity (Wildman–Crippen MR) is 81.8 cm³/mol. The molecule has 0 aliphatic carbocycles. The maximum Gasteiger partial charge on any atom is 0.123 e. The van der Waals surface area contributed by atoms with Crippen LogP contribution in [0, 0.1) is 5.82 Å². The molecule has 0 aromatic heterocycles. The van der Waals surface area contributed by atoms with E-state index in [1.165, 1.54) is 17.7 Å². The van der Waals surface area contributed by atoms with E-state index in [2.05, 4.69) is 37.9 Å². The number of nitrogens with one attached hydrogen (secondary N) is 1. The number of allylic oxidation sites excluding steroid dienone is 1. The Bertz CT molecular complexity index is 570. The molecule has 2 rings (SSSR count). The van der Waals surface area contributed by atoms with Gasteiger partial charge in [0, 0.05) is 17.7 Å². The summed E-state index contributed by atoms with van der Waals surface area (Å²) < 4.78 is 12.9. The highest BCUT2D eigenvalue weighted by Crippen LogP contribution is 2.28. The van der Waals surface area contributed by atoms with Gasteiger partial charge in [0.05, 0.1) is 0 Å². The lowest BCUT2D eigenvalue weighted by atomic mass is 9.82. The van der Waals surface area contributed by atoms with E-state index in [0.29, 0.717) is 6.54 Å². The van der Waals surface area contributed by atoms with Crippen molar-refractivity contribution in [2.24, 2.45) is 0 Å². The van der Waals surface area contributed by atoms with Crippen LogP contribution in [0.5, 0.6) is 0 Å². The molecule has 1 nitrogen and oxygen atoms in total. The van der Waals surface area contributed by atoms with Crippen LogP contribution in [0.4, 0.5) is 4.39 Å². The van der Waals surface area contributed by atoms with Gasteiger partial charge in [-0.2, -0.15) is 0 Å². The molecule has 0 spiro atoms. The number of hydrogen-bond acceptors (Lipinski definition) is 1. The highest BCUT2D eigenvalue weighted by Gasteiger charge is 2.23. The van der Waals surface area contributed by atoms with Crippen molar-refractivity contribution in [3.8, 4) is 0 Å². The van der Waals surface area contributed by atoms with Crippen molar-refractivity contribution in [1.82, 2.24) is 5.32 Å². The molecule has 0 bridgehead atoms. The van der Waals surface area contributed by atoms with Crippen molar-refractivity contribution in [1.29, 1.82) is 0 Å². The summed E-state index contributed by atoms with van der Waals surface area (Å²) in [7, 11) is 0. The summed E-state index contributed by atoms with van der Waals surface area (Å²) in [4.78, 5) is 0. The topological polar surface area (TPSA) is 12.0 Å². The van der Waals surface area contributed by atoms with E-state index in [9.17, 15) is 4.39 Å². The SMILES string of the molecule is C=C(NCc1ccc(F)cc1)C(C)(C)c1ccccc1. The van der Waals surface area contributed by atoms with Gasteiger partial charge in [-0.05, 0) is 23.3 Å². The third kappa shape index (κ3) is 3.27. The Morgan fingerprint density at radius 3 is 2.25 bits per heavy atom. The van der Waals surface area contributed by atoms with Gasteiger partial charge < -0.3 is 5.32 Å². The van der Waals surface area contributed by atoms with Crippen LogP contribution in [0.1, 0.15) is 25.0 Å². The van der Waals surface area contributed by atoms with E-state index in [1.807, 2.05) is 18.2 Å². The third-order valence-corrected chi connectivity index (χ3v) is 3.67. The van der Waals surface area contributed by atoms with E-state index < -0.39 is 0 Å². The molecule has 2 aromatic rings. The van der Waals surface area contributed by atoms with Gasteiger partial charge in [0.1, 0.15) is 5.82 Å². The predicted octanol–water partition coefficient (Wildman–Crippen LogP) is 4.41. The quantitative estimate of drug-likeness (QED) is 0.848. The first kappa shape index (κ1) is 14.3. The zero-order chi connectivity index (χ0) is 14.6. The van der Waals surface area contributed by atoms with Crippen molar-refractivity contribution in [3.05, 3.63) is 83.8 Å². The Kier molecular flexibility index (Phi) is 4.23. The zero-order valence-corrected chi connectivity index (χ0v) is 12.0. The normalized spacial score (nSPS) is 11.2. The summed E-state index contributed by atoms with van der Waals surface area (Å²) in [5.41, 5.74) is 3.06. The molecule has 0 radical (unpaired) electrons. The summed E-state index contributed by atoms with van der Waals surface area (Å²) >= 11 is 0. The van der Waals surface area contributed by atoms with Crippen molar-refractivity contribution < 1.29 is 4.39 Å². The van der Waals surface area contributed by atoms with Crippen molar-refractivity contribution in [2.75, 3.05) is 0 Å². The second-order valence-corrected chi connectivity index (χ2v) is 5.45. The van der Waals surface area contributed by atoms with Crippen LogP contribution in [0.2, 0.25) is 0 Å². The van der Waals surface area contributed by atoms with Gasteiger partial charge in [-0.15, -0.1) is 0 Å². The molecule has 0 atom stereocenters. The molecule has 0 saturated carbocycles. The molecule has 0 saturated heterocycles. The molecule has 0 unspecified atom stereocenters. The van der Waals surface area contributed by atoms with E-state index in [0.717, 1.165) is 11.3 Å². The van der Waals surface area contributed by atoms with Crippen LogP contribution in [-0.2, 0) is 12.0 Å². The molecule has 0 amide bonds. The van der Waals surface area contributed by atoms with Crippen LogP contribution in [0.3, 0.4) is 0 Å². The Morgan fingerprint density at radius 1 is 1.05 bits per heavy atom. The van der Waals surface area contributed by atoms with E-state index in [-0.39, 0.29) is 11.2 Å². The van der Waals surface area contributed by atoms with Crippen LogP contribution < -0.4 is 5.32 Å². The van der Waals surface area contributed by atoms with Gasteiger partial charge >= 0.3 is 0 Å². The summed E-state index contributed by atoms with van der Waals surface area (Å²) in [5.74, 6) is -0.211. The second kappa shape index (κ2) is 5.91. The zero-order valence-electron chi connectivity index (χ0n) is 12.0. The largest absolute Gasteiger partial charge is 0.384 e. The monoisotopic (exact) mass is 269 g/mol. The highest BCUT2D eigenvalue weighted by molar-refractivity contribution is 5.32. The smallest absolute Gasteiger partial charge is 0.123 e. The highest BCUT2D eigenvalue weighted by atomic mass is 19.1. The first-order valence-electron chi connectivity index (χ1n) is 6.73. The van der Waals surface area contributed by atoms with Crippen LogP contribution >= 0.6 is 0 Å². The van der Waals surface area contributed by atoms with E-state index in [1.54, 1.807) is 12.1 Å². The first-order valence-corrected chi connectivity index (χ1v) is 6.73. The standard InChI is InChI=1S/C18H20FN/c1-14(18(2,3)16-7-5-4-6-8-16)20-13-15-9-11-17(19)12-10-15/h4-12,20H,1,13H2,2-3H3. The maximum absolute atomic E-state index is 12.9. The fourth-order valence-electron chi connectivity index (χ4n) is 2.06. The molecule has 2 aromatic carbocycles. The lowest BCUT2D eigenvalue weighted by Gasteiger charge is -2.29. The number of hydrogen-bond donors (Lipinski definition) is 1. The Morgan fingerprint density at radius 2 is 1.65 bits per heavy atom. The average molecular weight is 269 g/mol. The summed E-state index contributed by atoms with van der Waals surface area (Å²) in [6, 6.07) is 16.8. The molecule has 0 aliphatic heterocycles. The van der Waals surface area contributed by atoms with Gasteiger partial charge in [-0.25, -0.2) is 4.39 Å². The van der Waals surface area contributed by atoms with Gasteiger partial charge in [0.25, 0.3) is 0 Å². The van der Waals surface area contributed by atoms with Crippen molar-refractivity contribution >= 4 is 0 Å². The molecule has 104 valence electrons. The molecule has 1 N–H and O–H groups in total. The summed E-state index contributed by atoms with van der Waals surface area (Å²) in [6.45, 7) is 9.08. The molecule has 20 heavy (non-hydrogen) atoms. The van der Waals surface area contributed by atoms with E-state index >= 15 is 0 Å². The third-order valence-electron chi connectivity index (χ3n) is 3.67. The Labute approximate surface area is 120 Å². The van der Waals surface area contributed by atoms with Gasteiger partial charge in [-0.1, -0.05) is 62.9 Å². The fourth-order valence-corrected chi connectivity index (χ4v) is 2.06. The minimum absolute atomic E-state index is 0.151. The first-order chi connectivity index (χ1) is 9.50. The maximum atomic E-state index is 12.9. The lowest BCUT2D eigenvalue weighted by molar-refractivity contribution is 0.559. The Balaban J connectivity index is 2.03. The molecule has 0 heterocycles. The van der Waals surface area contributed by atoms with Gasteiger partial charge in [0.2, 0.25) is 0 Å². The van der Waals surface area contributed by atoms with Crippen LogP contribution in [0.15, 0.2) is 66.9 Å². The molecule has 0 aliphatic rings. The van der Waals surface area contributed by atoms with E-state index in [4.69, 9.17) is 0 Å². The van der Waals surface area contributed by atoms with Crippen molar-refractivity contribution in [3.63, 3.8) is 0 Å². The summed E-state index contributed by atoms with van der Waals surface area (Å²) in [5, 5.41) is 3.34.